The first kappa shape index (κ1) is 19.1. The highest BCUT2D eigenvalue weighted by molar-refractivity contribution is 5.78. The van der Waals surface area contributed by atoms with Crippen molar-refractivity contribution in [2.24, 2.45) is 0 Å². The summed E-state index contributed by atoms with van der Waals surface area (Å²) in [4.78, 5) is 14.1. The maximum Gasteiger partial charge on any atom is 0.234 e. The number of aliphatic hydroxyl groups excluding tert-OH is 1. The largest absolute Gasteiger partial charge is 0.496 e. The smallest absolute Gasteiger partial charge is 0.234 e. The Hall–Kier alpha value is -2.64. The summed E-state index contributed by atoms with van der Waals surface area (Å²) in [6.07, 6.45) is -0.793. The molecule has 2 N–H and O–H groups in total. The lowest BCUT2D eigenvalue weighted by Crippen LogP contribution is -2.41. The number of methoxy groups -OCH3 is 2. The van der Waals surface area contributed by atoms with Crippen LogP contribution in [0.5, 0.6) is 11.5 Å². The Morgan fingerprint density at radius 2 is 1.93 bits per heavy atom. The van der Waals surface area contributed by atoms with Gasteiger partial charge >= 0.3 is 0 Å². The van der Waals surface area contributed by atoms with Crippen molar-refractivity contribution in [3.05, 3.63) is 58.9 Å². The summed E-state index contributed by atoms with van der Waals surface area (Å²) >= 11 is 0. The number of carbonyl (C=O) groups excluding carboxylic acids is 1. The van der Waals surface area contributed by atoms with Crippen LogP contribution in [0.2, 0.25) is 0 Å². The van der Waals surface area contributed by atoms with Crippen molar-refractivity contribution in [1.82, 2.24) is 10.2 Å². The first-order chi connectivity index (χ1) is 13.0. The maximum absolute atomic E-state index is 13.6. The molecule has 0 bridgehead atoms. The zero-order valence-corrected chi connectivity index (χ0v) is 15.4. The van der Waals surface area contributed by atoms with Crippen LogP contribution in [0.4, 0.5) is 4.39 Å². The molecular formula is C20H23FN2O4. The Morgan fingerprint density at radius 1 is 1.22 bits per heavy atom. The molecule has 2 aromatic carbocycles. The molecule has 0 aromatic heterocycles. The molecule has 1 aliphatic rings. The normalized spacial score (nSPS) is 16.5. The van der Waals surface area contributed by atoms with Gasteiger partial charge in [0.2, 0.25) is 5.91 Å². The van der Waals surface area contributed by atoms with Gasteiger partial charge in [0.15, 0.2) is 0 Å². The summed E-state index contributed by atoms with van der Waals surface area (Å²) < 4.78 is 24.4. The molecule has 144 valence electrons. The van der Waals surface area contributed by atoms with Crippen LogP contribution in [-0.2, 0) is 17.9 Å². The lowest BCUT2D eigenvalue weighted by molar-refractivity contribution is -0.123. The Balaban J connectivity index is 1.68. The predicted octanol–water partition coefficient (Wildman–Crippen LogP) is 2.01. The maximum atomic E-state index is 13.6. The number of nitrogens with one attached hydrogen (secondary N) is 1. The van der Waals surface area contributed by atoms with E-state index in [2.05, 4.69) is 5.32 Å². The number of benzene rings is 2. The number of carbonyl (C=O) groups is 1. The molecular weight excluding hydrogens is 351 g/mol. The topological polar surface area (TPSA) is 71.0 Å². The standard InChI is InChI=1S/C20H23FN2O4/c1-26-17-7-8-18(27-2)20-14(17)10-23(11-16(20)24)12-19(25)22-9-13-5-3-4-6-15(13)21/h3-8,16,24H,9-12H2,1-2H3,(H,22,25). The first-order valence-corrected chi connectivity index (χ1v) is 8.67. The summed E-state index contributed by atoms with van der Waals surface area (Å²) in [5.74, 6) is 0.649. The number of β-amino-alcohol motifs (C(OH)–C–C–N with tert-alkyl or cyclic N) is 1. The predicted molar refractivity (Wildman–Crippen MR) is 98.0 cm³/mol. The fourth-order valence-corrected chi connectivity index (χ4v) is 3.36. The average molecular weight is 374 g/mol. The number of ether oxygens (including phenoxy) is 2. The van der Waals surface area contributed by atoms with Gasteiger partial charge in [0.25, 0.3) is 0 Å². The quantitative estimate of drug-likeness (QED) is 0.809. The minimum atomic E-state index is -0.793. The molecule has 0 spiro atoms. The van der Waals surface area contributed by atoms with E-state index in [1.165, 1.54) is 6.07 Å². The van der Waals surface area contributed by atoms with Gasteiger partial charge in [-0.2, -0.15) is 0 Å². The van der Waals surface area contributed by atoms with Gasteiger partial charge in [0.05, 0.1) is 26.9 Å². The van der Waals surface area contributed by atoms with Crippen LogP contribution >= 0.6 is 0 Å². The molecule has 1 amide bonds. The van der Waals surface area contributed by atoms with Gasteiger partial charge in [-0.1, -0.05) is 18.2 Å². The Morgan fingerprint density at radius 3 is 2.63 bits per heavy atom. The van der Waals surface area contributed by atoms with Crippen LogP contribution < -0.4 is 14.8 Å². The van der Waals surface area contributed by atoms with E-state index in [-0.39, 0.29) is 24.8 Å². The zero-order chi connectivity index (χ0) is 19.4. The molecule has 1 unspecified atom stereocenters. The number of fused-ring (bicyclic) bond motifs is 1. The number of halogens is 1. The van der Waals surface area contributed by atoms with Gasteiger partial charge in [-0.05, 0) is 18.2 Å². The van der Waals surface area contributed by atoms with E-state index >= 15 is 0 Å². The third kappa shape index (κ3) is 4.20. The number of aliphatic hydroxyl groups is 1. The van der Waals surface area contributed by atoms with E-state index in [4.69, 9.17) is 9.47 Å². The molecule has 3 rings (SSSR count). The molecule has 0 saturated heterocycles. The van der Waals surface area contributed by atoms with Gasteiger partial charge < -0.3 is 19.9 Å². The van der Waals surface area contributed by atoms with Crippen LogP contribution in [0.25, 0.3) is 0 Å². The van der Waals surface area contributed by atoms with Crippen molar-refractivity contribution < 1.29 is 23.8 Å². The molecule has 7 heteroatoms. The van der Waals surface area contributed by atoms with Crippen molar-refractivity contribution in [3.63, 3.8) is 0 Å². The number of hydrogen-bond acceptors (Lipinski definition) is 5. The number of nitrogens with zero attached hydrogens (tertiary/aromatic N) is 1. The zero-order valence-electron chi connectivity index (χ0n) is 15.4. The second-order valence-electron chi connectivity index (χ2n) is 6.42. The molecule has 0 fully saturated rings. The summed E-state index contributed by atoms with van der Waals surface area (Å²) in [5, 5.41) is 13.3. The summed E-state index contributed by atoms with van der Waals surface area (Å²) in [6, 6.07) is 9.87. The van der Waals surface area contributed by atoms with Gasteiger partial charge in [-0.3, -0.25) is 9.69 Å². The first-order valence-electron chi connectivity index (χ1n) is 8.67. The van der Waals surface area contributed by atoms with Crippen molar-refractivity contribution in [2.75, 3.05) is 27.3 Å². The van der Waals surface area contributed by atoms with Crippen molar-refractivity contribution in [2.45, 2.75) is 19.2 Å². The second kappa shape index (κ2) is 8.37. The van der Waals surface area contributed by atoms with Gasteiger partial charge in [0, 0.05) is 36.3 Å². The molecule has 2 aromatic rings. The minimum Gasteiger partial charge on any atom is -0.496 e. The fourth-order valence-electron chi connectivity index (χ4n) is 3.36. The number of hydrogen-bond donors (Lipinski definition) is 2. The Kier molecular flexibility index (Phi) is 5.93. The Labute approximate surface area is 157 Å². The van der Waals surface area contributed by atoms with Gasteiger partial charge in [-0.15, -0.1) is 0 Å². The minimum absolute atomic E-state index is 0.0886. The summed E-state index contributed by atoms with van der Waals surface area (Å²) in [7, 11) is 3.12. The van der Waals surface area contributed by atoms with Crippen LogP contribution in [0.15, 0.2) is 36.4 Å². The van der Waals surface area contributed by atoms with Crippen LogP contribution in [0, 0.1) is 5.82 Å². The van der Waals surface area contributed by atoms with Crippen molar-refractivity contribution in [1.29, 1.82) is 0 Å². The van der Waals surface area contributed by atoms with E-state index in [0.29, 0.717) is 35.7 Å². The number of rotatable bonds is 6. The molecule has 1 aliphatic heterocycles. The molecule has 0 aliphatic carbocycles. The molecule has 6 nitrogen and oxygen atoms in total. The van der Waals surface area contributed by atoms with E-state index < -0.39 is 6.10 Å². The molecule has 0 saturated carbocycles. The molecule has 1 atom stereocenters. The van der Waals surface area contributed by atoms with E-state index in [1.807, 2.05) is 4.90 Å². The van der Waals surface area contributed by atoms with Gasteiger partial charge in [-0.25, -0.2) is 4.39 Å². The third-order valence-electron chi connectivity index (χ3n) is 4.66. The molecule has 27 heavy (non-hydrogen) atoms. The summed E-state index contributed by atoms with van der Waals surface area (Å²) in [6.45, 7) is 0.949. The third-order valence-corrected chi connectivity index (χ3v) is 4.66. The van der Waals surface area contributed by atoms with E-state index in [0.717, 1.165) is 5.56 Å². The SMILES string of the molecule is COc1ccc(OC)c2c1CN(CC(=O)NCc1ccccc1F)CC2O. The van der Waals surface area contributed by atoms with Crippen LogP contribution in [0.3, 0.4) is 0 Å². The fraction of sp³-hybridized carbons (Fsp3) is 0.350. The Bertz CT molecular complexity index is 828. The van der Waals surface area contributed by atoms with Crippen molar-refractivity contribution >= 4 is 5.91 Å². The molecule has 0 radical (unpaired) electrons. The van der Waals surface area contributed by atoms with E-state index in [9.17, 15) is 14.3 Å². The highest BCUT2D eigenvalue weighted by atomic mass is 19.1. The van der Waals surface area contributed by atoms with Crippen LogP contribution in [0.1, 0.15) is 22.8 Å². The highest BCUT2D eigenvalue weighted by Crippen LogP contribution is 2.39. The molecule has 1 heterocycles. The lowest BCUT2D eigenvalue weighted by Gasteiger charge is -2.33. The van der Waals surface area contributed by atoms with Crippen molar-refractivity contribution in [3.8, 4) is 11.5 Å². The lowest BCUT2D eigenvalue weighted by atomic mass is 9.95. The van der Waals surface area contributed by atoms with Gasteiger partial charge in [0.1, 0.15) is 17.3 Å². The highest BCUT2D eigenvalue weighted by Gasteiger charge is 2.30. The summed E-state index contributed by atoms with van der Waals surface area (Å²) in [5.41, 5.74) is 1.93. The van der Waals surface area contributed by atoms with Crippen LogP contribution in [-0.4, -0.2) is 43.2 Å². The van der Waals surface area contributed by atoms with E-state index in [1.54, 1.807) is 44.6 Å². The number of amides is 1. The second-order valence-corrected chi connectivity index (χ2v) is 6.42. The monoisotopic (exact) mass is 374 g/mol. The average Bonchev–Trinajstić information content (AvgIpc) is 2.66.